The number of nitriles is 1. The second-order valence-electron chi connectivity index (χ2n) is 3.92. The Morgan fingerprint density at radius 3 is 3.00 bits per heavy atom. The third-order valence-electron chi connectivity index (χ3n) is 2.70. The SMILES string of the molecule is COCCOc1cc2c(cn1)CC(=O)C(C#N)=C2Cl. The Labute approximate surface area is 115 Å². The summed E-state index contributed by atoms with van der Waals surface area (Å²) in [6.07, 6.45) is 1.69. The number of ether oxygens (including phenoxy) is 2. The molecule has 1 heterocycles. The highest BCUT2D eigenvalue weighted by molar-refractivity contribution is 6.52. The molecule has 0 aromatic carbocycles. The molecule has 1 aliphatic carbocycles. The lowest BCUT2D eigenvalue weighted by atomic mass is 9.93. The maximum atomic E-state index is 11.7. The van der Waals surface area contributed by atoms with Crippen molar-refractivity contribution in [3.05, 3.63) is 29.0 Å². The minimum atomic E-state index is -0.283. The van der Waals surface area contributed by atoms with Gasteiger partial charge in [-0.05, 0) is 5.56 Å². The van der Waals surface area contributed by atoms with E-state index in [1.54, 1.807) is 19.4 Å². The van der Waals surface area contributed by atoms with Crippen LogP contribution in [0.3, 0.4) is 0 Å². The Bertz CT molecular complexity index is 590. The second-order valence-corrected chi connectivity index (χ2v) is 4.30. The van der Waals surface area contributed by atoms with Crippen molar-refractivity contribution in [3.63, 3.8) is 0 Å². The Morgan fingerprint density at radius 1 is 1.53 bits per heavy atom. The molecule has 1 aliphatic rings. The molecular weight excluding hydrogens is 268 g/mol. The van der Waals surface area contributed by atoms with Gasteiger partial charge in [0, 0.05) is 31.4 Å². The number of nitrogens with zero attached hydrogens (tertiary/aromatic N) is 2. The van der Waals surface area contributed by atoms with Crippen LogP contribution in [0, 0.1) is 11.3 Å². The van der Waals surface area contributed by atoms with Crippen LogP contribution < -0.4 is 4.74 Å². The van der Waals surface area contributed by atoms with Crippen molar-refractivity contribution in [2.75, 3.05) is 20.3 Å². The molecule has 6 heteroatoms. The van der Waals surface area contributed by atoms with Crippen LogP contribution in [0.25, 0.3) is 5.03 Å². The third-order valence-corrected chi connectivity index (χ3v) is 3.09. The molecule has 0 bridgehead atoms. The first kappa shape index (κ1) is 13.5. The van der Waals surface area contributed by atoms with Gasteiger partial charge in [0.2, 0.25) is 5.88 Å². The molecular formula is C13H11ClN2O3. The summed E-state index contributed by atoms with van der Waals surface area (Å²) in [5.74, 6) is 0.107. The lowest BCUT2D eigenvalue weighted by Gasteiger charge is -2.15. The number of Topliss-reactive ketones (excluding diaryl/α,β-unsaturated/α-hetero) is 1. The predicted molar refractivity (Wildman–Crippen MR) is 68.7 cm³/mol. The lowest BCUT2D eigenvalue weighted by Crippen LogP contribution is -2.14. The quantitative estimate of drug-likeness (QED) is 0.784. The van der Waals surface area contributed by atoms with Crippen LogP contribution in [-0.4, -0.2) is 31.1 Å². The van der Waals surface area contributed by atoms with E-state index >= 15 is 0 Å². The van der Waals surface area contributed by atoms with E-state index < -0.39 is 0 Å². The number of allylic oxidation sites excluding steroid dienone is 1. The van der Waals surface area contributed by atoms with Gasteiger partial charge < -0.3 is 9.47 Å². The molecule has 1 aromatic rings. The number of carbonyl (C=O) groups is 1. The average molecular weight is 279 g/mol. The molecule has 0 aliphatic heterocycles. The lowest BCUT2D eigenvalue weighted by molar-refractivity contribution is -0.114. The number of methoxy groups -OCH3 is 1. The van der Waals surface area contributed by atoms with Gasteiger partial charge in [0.15, 0.2) is 5.78 Å². The molecule has 1 aromatic heterocycles. The smallest absolute Gasteiger partial charge is 0.213 e. The minimum Gasteiger partial charge on any atom is -0.475 e. The van der Waals surface area contributed by atoms with E-state index in [9.17, 15) is 4.79 Å². The topological polar surface area (TPSA) is 72.2 Å². The normalized spacial score (nSPS) is 14.1. The Kier molecular flexibility index (Phi) is 4.15. The summed E-state index contributed by atoms with van der Waals surface area (Å²) in [6.45, 7) is 0.817. The van der Waals surface area contributed by atoms with Crippen molar-refractivity contribution < 1.29 is 14.3 Å². The molecule has 0 saturated heterocycles. The first-order valence-electron chi connectivity index (χ1n) is 5.61. The standard InChI is InChI=1S/C13H11ClN2O3/c1-18-2-3-19-12-5-9-8(7-16-12)4-11(17)10(6-15)13(9)14/h5,7H,2-4H2,1H3. The predicted octanol–water partition coefficient (Wildman–Crippen LogP) is 1.71. The van der Waals surface area contributed by atoms with Crippen LogP contribution in [0.5, 0.6) is 5.88 Å². The van der Waals surface area contributed by atoms with E-state index in [-0.39, 0.29) is 22.8 Å². The van der Waals surface area contributed by atoms with E-state index in [0.29, 0.717) is 30.2 Å². The summed E-state index contributed by atoms with van der Waals surface area (Å²) in [5.41, 5.74) is 1.32. The Balaban J connectivity index is 2.32. The zero-order valence-electron chi connectivity index (χ0n) is 10.3. The number of hydrogen-bond donors (Lipinski definition) is 0. The second kappa shape index (κ2) is 5.83. The number of fused-ring (bicyclic) bond motifs is 1. The van der Waals surface area contributed by atoms with Gasteiger partial charge in [0.1, 0.15) is 18.2 Å². The summed E-state index contributed by atoms with van der Waals surface area (Å²) in [7, 11) is 1.58. The van der Waals surface area contributed by atoms with Gasteiger partial charge in [-0.15, -0.1) is 0 Å². The molecule has 0 unspecified atom stereocenters. The van der Waals surface area contributed by atoms with Gasteiger partial charge in [0.05, 0.1) is 11.6 Å². The number of rotatable bonds is 4. The molecule has 0 atom stereocenters. The Hall–Kier alpha value is -1.90. The molecule has 0 N–H and O–H groups in total. The molecule has 0 saturated carbocycles. The number of aromatic nitrogens is 1. The van der Waals surface area contributed by atoms with Gasteiger partial charge in [-0.1, -0.05) is 11.6 Å². The van der Waals surface area contributed by atoms with Crippen molar-refractivity contribution in [1.82, 2.24) is 4.98 Å². The van der Waals surface area contributed by atoms with Crippen molar-refractivity contribution in [3.8, 4) is 11.9 Å². The van der Waals surface area contributed by atoms with E-state index in [2.05, 4.69) is 4.98 Å². The zero-order valence-corrected chi connectivity index (χ0v) is 11.0. The van der Waals surface area contributed by atoms with E-state index in [1.807, 2.05) is 6.07 Å². The Morgan fingerprint density at radius 2 is 2.32 bits per heavy atom. The van der Waals surface area contributed by atoms with Crippen LogP contribution >= 0.6 is 11.6 Å². The molecule has 2 rings (SSSR count). The van der Waals surface area contributed by atoms with Gasteiger partial charge in [-0.2, -0.15) is 5.26 Å². The number of pyridine rings is 1. The molecule has 5 nitrogen and oxygen atoms in total. The highest BCUT2D eigenvalue weighted by Gasteiger charge is 2.25. The molecule has 0 amide bonds. The van der Waals surface area contributed by atoms with Crippen LogP contribution in [0.2, 0.25) is 0 Å². The zero-order chi connectivity index (χ0) is 13.8. The van der Waals surface area contributed by atoms with E-state index in [1.165, 1.54) is 0 Å². The van der Waals surface area contributed by atoms with Gasteiger partial charge in [0.25, 0.3) is 0 Å². The summed E-state index contributed by atoms with van der Waals surface area (Å²) in [5, 5.41) is 9.08. The third kappa shape index (κ3) is 2.75. The maximum Gasteiger partial charge on any atom is 0.213 e. The van der Waals surface area contributed by atoms with E-state index in [0.717, 1.165) is 0 Å². The molecule has 0 radical (unpaired) electrons. The van der Waals surface area contributed by atoms with Crippen molar-refractivity contribution >= 4 is 22.4 Å². The van der Waals surface area contributed by atoms with Crippen molar-refractivity contribution in [2.45, 2.75) is 6.42 Å². The highest BCUT2D eigenvalue weighted by Crippen LogP contribution is 2.33. The van der Waals surface area contributed by atoms with Crippen LogP contribution in [-0.2, 0) is 16.0 Å². The fourth-order valence-electron chi connectivity index (χ4n) is 1.75. The summed E-state index contributed by atoms with van der Waals surface area (Å²) < 4.78 is 10.2. The number of carbonyl (C=O) groups excluding carboxylic acids is 1. The number of halogens is 1. The molecule has 0 spiro atoms. The van der Waals surface area contributed by atoms with Crippen molar-refractivity contribution in [1.29, 1.82) is 5.26 Å². The first-order valence-corrected chi connectivity index (χ1v) is 5.99. The van der Waals surface area contributed by atoms with Crippen LogP contribution in [0.15, 0.2) is 17.8 Å². The largest absolute Gasteiger partial charge is 0.475 e. The van der Waals surface area contributed by atoms with Gasteiger partial charge in [-0.25, -0.2) is 4.98 Å². The summed E-state index contributed by atoms with van der Waals surface area (Å²) in [4.78, 5) is 15.7. The average Bonchev–Trinajstić information content (AvgIpc) is 2.40. The van der Waals surface area contributed by atoms with Gasteiger partial charge >= 0.3 is 0 Å². The highest BCUT2D eigenvalue weighted by atomic mass is 35.5. The molecule has 0 fully saturated rings. The van der Waals surface area contributed by atoms with E-state index in [4.69, 9.17) is 26.3 Å². The summed E-state index contributed by atoms with van der Waals surface area (Å²) in [6, 6.07) is 3.47. The maximum absolute atomic E-state index is 11.7. The fourth-order valence-corrected chi connectivity index (χ4v) is 2.07. The fraction of sp³-hybridized carbons (Fsp3) is 0.308. The number of ketones is 1. The minimum absolute atomic E-state index is 0.0109. The number of hydrogen-bond acceptors (Lipinski definition) is 5. The van der Waals surface area contributed by atoms with Crippen LogP contribution in [0.1, 0.15) is 11.1 Å². The van der Waals surface area contributed by atoms with Gasteiger partial charge in [-0.3, -0.25) is 4.79 Å². The first-order chi connectivity index (χ1) is 9.17. The molecule has 98 valence electrons. The van der Waals surface area contributed by atoms with Crippen molar-refractivity contribution in [2.24, 2.45) is 0 Å². The monoisotopic (exact) mass is 278 g/mol. The molecule has 19 heavy (non-hydrogen) atoms. The van der Waals surface area contributed by atoms with Crippen LogP contribution in [0.4, 0.5) is 0 Å². The summed E-state index contributed by atoms with van der Waals surface area (Å²) >= 11 is 6.07.